The zero-order valence-corrected chi connectivity index (χ0v) is 24.8. The average Bonchev–Trinajstić information content (AvgIpc) is 3.67. The SMILES string of the molecule is Cn1nnc(-c2ccc3nc(-c4ccc(CN5CCC(n6c(=O)[nH]c7ncccc76)CC5)cc4)c(-c4ccccc4)cc3c2)n1. The molecule has 1 aliphatic heterocycles. The number of imidazole rings is 1. The van der Waals surface area contributed by atoms with Gasteiger partial charge in [-0.2, -0.15) is 4.80 Å². The Hall–Kier alpha value is -5.48. The highest BCUT2D eigenvalue weighted by Crippen LogP contribution is 2.35. The van der Waals surface area contributed by atoms with Gasteiger partial charge >= 0.3 is 5.69 Å². The molecule has 3 aromatic carbocycles. The Bertz CT molecular complexity index is 2190. The third-order valence-electron chi connectivity index (χ3n) is 8.71. The van der Waals surface area contributed by atoms with E-state index in [1.54, 1.807) is 13.2 Å². The molecule has 0 spiro atoms. The van der Waals surface area contributed by atoms with E-state index in [0.29, 0.717) is 11.5 Å². The lowest BCUT2D eigenvalue weighted by atomic mass is 9.96. The van der Waals surface area contributed by atoms with E-state index >= 15 is 0 Å². The van der Waals surface area contributed by atoms with Crippen molar-refractivity contribution in [1.82, 2.24) is 44.6 Å². The molecule has 0 atom stereocenters. The molecular formula is C35H31N9O. The van der Waals surface area contributed by atoms with E-state index in [1.807, 2.05) is 34.9 Å². The lowest BCUT2D eigenvalue weighted by molar-refractivity contribution is 0.180. The number of piperidine rings is 1. The summed E-state index contributed by atoms with van der Waals surface area (Å²) in [7, 11) is 1.76. The molecule has 0 aliphatic carbocycles. The van der Waals surface area contributed by atoms with Crippen molar-refractivity contribution in [3.63, 3.8) is 0 Å². The minimum Gasteiger partial charge on any atom is -0.299 e. The molecular weight excluding hydrogens is 562 g/mol. The second-order valence-corrected chi connectivity index (χ2v) is 11.6. The summed E-state index contributed by atoms with van der Waals surface area (Å²) in [6.07, 6.45) is 3.57. The monoisotopic (exact) mass is 593 g/mol. The van der Waals surface area contributed by atoms with Gasteiger partial charge in [0, 0.05) is 53.9 Å². The predicted octanol–water partition coefficient (Wildman–Crippen LogP) is 5.63. The van der Waals surface area contributed by atoms with Crippen LogP contribution >= 0.6 is 0 Å². The van der Waals surface area contributed by atoms with E-state index in [1.165, 1.54) is 10.4 Å². The van der Waals surface area contributed by atoms with Crippen LogP contribution in [0.25, 0.3) is 55.8 Å². The summed E-state index contributed by atoms with van der Waals surface area (Å²) >= 11 is 0. The number of tetrazole rings is 1. The maximum absolute atomic E-state index is 12.7. The first-order valence-electron chi connectivity index (χ1n) is 15.2. The second-order valence-electron chi connectivity index (χ2n) is 11.6. The largest absolute Gasteiger partial charge is 0.327 e. The maximum atomic E-state index is 12.7. The van der Waals surface area contributed by atoms with Crippen molar-refractivity contribution < 1.29 is 0 Å². The molecule has 222 valence electrons. The van der Waals surface area contributed by atoms with Gasteiger partial charge in [-0.3, -0.25) is 14.5 Å². The minimum atomic E-state index is -0.0714. The Labute approximate surface area is 259 Å². The number of aromatic nitrogens is 8. The smallest absolute Gasteiger partial charge is 0.299 e. The molecule has 4 aromatic heterocycles. The van der Waals surface area contributed by atoms with E-state index in [-0.39, 0.29) is 11.7 Å². The zero-order chi connectivity index (χ0) is 30.3. The first kappa shape index (κ1) is 27.1. The van der Waals surface area contributed by atoms with Gasteiger partial charge in [0.25, 0.3) is 0 Å². The van der Waals surface area contributed by atoms with Crippen LogP contribution < -0.4 is 5.69 Å². The van der Waals surface area contributed by atoms with Crippen molar-refractivity contribution in [2.45, 2.75) is 25.4 Å². The summed E-state index contributed by atoms with van der Waals surface area (Å²) < 4.78 is 1.89. The molecule has 10 heteroatoms. The van der Waals surface area contributed by atoms with Crippen molar-refractivity contribution in [3.8, 4) is 33.8 Å². The second kappa shape index (κ2) is 11.2. The van der Waals surface area contributed by atoms with Crippen LogP contribution in [-0.2, 0) is 13.6 Å². The van der Waals surface area contributed by atoms with Gasteiger partial charge in [0.2, 0.25) is 5.82 Å². The van der Waals surface area contributed by atoms with Crippen LogP contribution in [0.15, 0.2) is 102 Å². The molecule has 0 bridgehead atoms. The molecule has 45 heavy (non-hydrogen) atoms. The van der Waals surface area contributed by atoms with Crippen LogP contribution in [0.3, 0.4) is 0 Å². The van der Waals surface area contributed by atoms with Crippen LogP contribution in [0.1, 0.15) is 24.4 Å². The van der Waals surface area contributed by atoms with E-state index < -0.39 is 0 Å². The fourth-order valence-corrected chi connectivity index (χ4v) is 6.46. The molecule has 0 radical (unpaired) electrons. The number of benzene rings is 3. The number of nitrogens with one attached hydrogen (secondary N) is 1. The summed E-state index contributed by atoms with van der Waals surface area (Å²) in [5.41, 5.74) is 8.76. The number of H-pyrrole nitrogens is 1. The van der Waals surface area contributed by atoms with Gasteiger partial charge in [-0.15, -0.1) is 10.2 Å². The van der Waals surface area contributed by atoms with Gasteiger partial charge < -0.3 is 0 Å². The number of fused-ring (bicyclic) bond motifs is 2. The van der Waals surface area contributed by atoms with Crippen LogP contribution in [0, 0.1) is 0 Å². The Morgan fingerprint density at radius 3 is 2.44 bits per heavy atom. The highest BCUT2D eigenvalue weighted by molar-refractivity contribution is 5.93. The Kier molecular flexibility index (Phi) is 6.76. The fourth-order valence-electron chi connectivity index (χ4n) is 6.46. The van der Waals surface area contributed by atoms with Gasteiger partial charge in [0.1, 0.15) is 0 Å². The quantitative estimate of drug-likeness (QED) is 0.266. The van der Waals surface area contributed by atoms with Gasteiger partial charge in [0.15, 0.2) is 5.65 Å². The number of aromatic amines is 1. The van der Waals surface area contributed by atoms with Crippen molar-refractivity contribution in [2.75, 3.05) is 13.1 Å². The molecule has 5 heterocycles. The van der Waals surface area contributed by atoms with E-state index in [2.05, 4.69) is 90.9 Å². The Morgan fingerprint density at radius 2 is 1.67 bits per heavy atom. The van der Waals surface area contributed by atoms with Crippen LogP contribution in [0.2, 0.25) is 0 Å². The van der Waals surface area contributed by atoms with Crippen molar-refractivity contribution in [2.24, 2.45) is 7.05 Å². The minimum absolute atomic E-state index is 0.0714. The van der Waals surface area contributed by atoms with Gasteiger partial charge in [-0.1, -0.05) is 54.6 Å². The summed E-state index contributed by atoms with van der Waals surface area (Å²) in [5, 5.41) is 13.6. The standard InChI is InChI=1S/C35H31N9O/c1-42-40-33(39-41-42)26-13-14-30-27(20-26)21-29(24-6-3-2-4-7-24)32(37-30)25-11-9-23(10-12-25)22-43-18-15-28(16-19-43)44-31-8-5-17-36-34(31)38-35(44)45/h2-14,17,20-21,28H,15-16,18-19,22H2,1H3,(H,36,38,45). The lowest BCUT2D eigenvalue weighted by Crippen LogP contribution is -2.36. The Morgan fingerprint density at radius 1 is 0.867 bits per heavy atom. The molecule has 1 saturated heterocycles. The highest BCUT2D eigenvalue weighted by atomic mass is 16.1. The molecule has 1 fully saturated rings. The van der Waals surface area contributed by atoms with E-state index in [9.17, 15) is 4.79 Å². The number of pyridine rings is 2. The molecule has 0 unspecified atom stereocenters. The third-order valence-corrected chi connectivity index (χ3v) is 8.71. The average molecular weight is 594 g/mol. The molecule has 1 N–H and O–H groups in total. The maximum Gasteiger partial charge on any atom is 0.327 e. The first-order valence-corrected chi connectivity index (χ1v) is 15.2. The van der Waals surface area contributed by atoms with Crippen LogP contribution in [0.5, 0.6) is 0 Å². The lowest BCUT2D eigenvalue weighted by Gasteiger charge is -2.32. The summed E-state index contributed by atoms with van der Waals surface area (Å²) in [5.74, 6) is 0.591. The fraction of sp³-hybridized carbons (Fsp3) is 0.200. The molecule has 10 nitrogen and oxygen atoms in total. The van der Waals surface area contributed by atoms with Crippen molar-refractivity contribution >= 4 is 22.1 Å². The van der Waals surface area contributed by atoms with E-state index in [0.717, 1.165) is 76.8 Å². The number of likely N-dealkylation sites (tertiary alicyclic amines) is 1. The molecule has 1 aliphatic rings. The number of hydrogen-bond donors (Lipinski definition) is 1. The molecule has 8 rings (SSSR count). The zero-order valence-electron chi connectivity index (χ0n) is 24.8. The molecule has 0 saturated carbocycles. The van der Waals surface area contributed by atoms with Crippen molar-refractivity contribution in [3.05, 3.63) is 113 Å². The van der Waals surface area contributed by atoms with E-state index in [4.69, 9.17) is 4.98 Å². The summed E-state index contributed by atoms with van der Waals surface area (Å²) in [4.78, 5) is 29.0. The Balaban J connectivity index is 1.04. The number of rotatable bonds is 6. The number of hydrogen-bond acceptors (Lipinski definition) is 7. The van der Waals surface area contributed by atoms with Crippen LogP contribution in [-0.4, -0.2) is 57.7 Å². The number of aryl methyl sites for hydroxylation is 1. The number of nitrogens with zero attached hydrogens (tertiary/aromatic N) is 8. The topological polar surface area (TPSA) is 110 Å². The van der Waals surface area contributed by atoms with Crippen LogP contribution in [0.4, 0.5) is 0 Å². The summed E-state index contributed by atoms with van der Waals surface area (Å²) in [6, 6.07) is 31.5. The third kappa shape index (κ3) is 5.19. The molecule has 7 aromatic rings. The highest BCUT2D eigenvalue weighted by Gasteiger charge is 2.24. The van der Waals surface area contributed by atoms with Gasteiger partial charge in [-0.05, 0) is 65.6 Å². The van der Waals surface area contributed by atoms with Gasteiger partial charge in [-0.25, -0.2) is 14.8 Å². The normalized spacial score (nSPS) is 14.4. The van der Waals surface area contributed by atoms with Crippen molar-refractivity contribution in [1.29, 1.82) is 0 Å². The first-order chi connectivity index (χ1) is 22.1. The predicted molar refractivity (Wildman–Crippen MR) is 174 cm³/mol. The molecule has 0 amide bonds. The van der Waals surface area contributed by atoms with Gasteiger partial charge in [0.05, 0.1) is 23.8 Å². The summed E-state index contributed by atoms with van der Waals surface area (Å²) in [6.45, 7) is 2.73.